The molecule has 2 fully saturated rings. The van der Waals surface area contributed by atoms with E-state index < -0.39 is 16.1 Å². The van der Waals surface area contributed by atoms with Gasteiger partial charge >= 0.3 is 0 Å². The van der Waals surface area contributed by atoms with E-state index in [-0.39, 0.29) is 35.0 Å². The van der Waals surface area contributed by atoms with E-state index in [1.165, 1.54) is 35.5 Å². The van der Waals surface area contributed by atoms with Gasteiger partial charge in [0.05, 0.1) is 4.90 Å². The Labute approximate surface area is 166 Å². The van der Waals surface area contributed by atoms with Gasteiger partial charge in [0.15, 0.2) is 5.78 Å². The van der Waals surface area contributed by atoms with Crippen molar-refractivity contribution in [2.45, 2.75) is 49.6 Å². The third-order valence-corrected chi connectivity index (χ3v) is 6.95. The van der Waals surface area contributed by atoms with Crippen LogP contribution in [0.4, 0.5) is 0 Å². The predicted octanol–water partition coefficient (Wildman–Crippen LogP) is 1.33. The van der Waals surface area contributed by atoms with Crippen molar-refractivity contribution in [3.8, 4) is 0 Å². The van der Waals surface area contributed by atoms with Crippen LogP contribution >= 0.6 is 12.4 Å². The molecular weight excluding hydrogens is 390 g/mol. The maximum absolute atomic E-state index is 13.1. The molecule has 2 N–H and O–H groups in total. The first-order chi connectivity index (χ1) is 12.4. The number of nitrogens with zero attached hydrogens (tertiary/aromatic N) is 1. The van der Waals surface area contributed by atoms with Gasteiger partial charge < -0.3 is 10.6 Å². The van der Waals surface area contributed by atoms with E-state index >= 15 is 0 Å². The highest BCUT2D eigenvalue weighted by Crippen LogP contribution is 2.26. The maximum Gasteiger partial charge on any atom is 0.243 e. The lowest BCUT2D eigenvalue weighted by atomic mass is 10.0. The number of nitrogens with one attached hydrogen (secondary N) is 2. The lowest BCUT2D eigenvalue weighted by Gasteiger charge is -2.34. The molecule has 1 aromatic carbocycles. The second-order valence-corrected chi connectivity index (χ2v) is 8.80. The number of hydrogen-bond donors (Lipinski definition) is 2. The van der Waals surface area contributed by atoms with Crippen molar-refractivity contribution in [2.24, 2.45) is 0 Å². The summed E-state index contributed by atoms with van der Waals surface area (Å²) in [5, 5.41) is 6.16. The van der Waals surface area contributed by atoms with E-state index in [4.69, 9.17) is 0 Å². The second-order valence-electron chi connectivity index (χ2n) is 6.91. The van der Waals surface area contributed by atoms with Crippen LogP contribution in [-0.2, 0) is 14.8 Å². The molecule has 2 saturated heterocycles. The Kier molecular flexibility index (Phi) is 7.39. The first-order valence-electron chi connectivity index (χ1n) is 9.03. The average molecular weight is 416 g/mol. The highest BCUT2D eigenvalue weighted by Gasteiger charge is 2.38. The largest absolute Gasteiger partial charge is 0.351 e. The Morgan fingerprint density at radius 2 is 1.85 bits per heavy atom. The lowest BCUT2D eigenvalue weighted by Crippen LogP contribution is -2.53. The van der Waals surface area contributed by atoms with Crippen LogP contribution in [0, 0.1) is 0 Å². The topological polar surface area (TPSA) is 95.6 Å². The molecule has 0 saturated carbocycles. The smallest absolute Gasteiger partial charge is 0.243 e. The molecule has 0 aliphatic carbocycles. The lowest BCUT2D eigenvalue weighted by molar-refractivity contribution is -0.126. The number of rotatable bonds is 5. The number of benzene rings is 1. The Balaban J connectivity index is 0.00000261. The minimum atomic E-state index is -3.79. The van der Waals surface area contributed by atoms with Gasteiger partial charge in [-0.25, -0.2) is 8.42 Å². The number of piperidine rings is 1. The molecule has 2 aliphatic rings. The molecule has 3 rings (SSSR count). The molecule has 1 amide bonds. The Hall–Kier alpha value is -1.48. The van der Waals surface area contributed by atoms with Crippen molar-refractivity contribution < 1.29 is 18.0 Å². The summed E-state index contributed by atoms with van der Waals surface area (Å²) in [4.78, 5) is 24.2. The molecule has 1 aromatic rings. The van der Waals surface area contributed by atoms with Gasteiger partial charge in [-0.2, -0.15) is 4.31 Å². The van der Waals surface area contributed by atoms with Crippen molar-refractivity contribution in [3.63, 3.8) is 0 Å². The molecule has 2 heterocycles. The van der Waals surface area contributed by atoms with Crippen LogP contribution in [0.25, 0.3) is 0 Å². The molecule has 7 nitrogen and oxygen atoms in total. The number of carbonyl (C=O) groups is 2. The number of hydrogen-bond acceptors (Lipinski definition) is 5. The van der Waals surface area contributed by atoms with E-state index in [0.29, 0.717) is 18.5 Å². The van der Waals surface area contributed by atoms with Gasteiger partial charge in [0.2, 0.25) is 15.9 Å². The normalized spacial score (nSPS) is 23.4. The Morgan fingerprint density at radius 1 is 1.15 bits per heavy atom. The summed E-state index contributed by atoms with van der Waals surface area (Å²) in [6, 6.07) is 5.29. The summed E-state index contributed by atoms with van der Waals surface area (Å²) in [7, 11) is -3.79. The number of halogens is 1. The van der Waals surface area contributed by atoms with E-state index in [2.05, 4.69) is 10.6 Å². The number of carbonyl (C=O) groups excluding carboxylic acids is 2. The zero-order chi connectivity index (χ0) is 18.7. The van der Waals surface area contributed by atoms with Gasteiger partial charge in [0.25, 0.3) is 0 Å². The van der Waals surface area contributed by atoms with Gasteiger partial charge in [-0.3, -0.25) is 9.59 Å². The van der Waals surface area contributed by atoms with E-state index in [1.54, 1.807) is 0 Å². The zero-order valence-electron chi connectivity index (χ0n) is 15.3. The maximum atomic E-state index is 13.1. The molecule has 0 spiro atoms. The van der Waals surface area contributed by atoms with Crippen LogP contribution in [0.5, 0.6) is 0 Å². The summed E-state index contributed by atoms with van der Waals surface area (Å²) in [6.45, 7) is 3.35. The first-order valence-corrected chi connectivity index (χ1v) is 10.5. The Bertz CT molecular complexity index is 776. The molecule has 2 aliphatic heterocycles. The molecule has 150 valence electrons. The summed E-state index contributed by atoms with van der Waals surface area (Å²) >= 11 is 0. The summed E-state index contributed by atoms with van der Waals surface area (Å²) in [5.74, 6) is -0.336. The van der Waals surface area contributed by atoms with Crippen LogP contribution in [0.3, 0.4) is 0 Å². The Morgan fingerprint density at radius 3 is 2.44 bits per heavy atom. The highest BCUT2D eigenvalue weighted by atomic mass is 35.5. The molecule has 0 aromatic heterocycles. The zero-order valence-corrected chi connectivity index (χ0v) is 16.9. The fourth-order valence-electron chi connectivity index (χ4n) is 3.53. The van der Waals surface area contributed by atoms with Gasteiger partial charge in [0, 0.05) is 24.7 Å². The van der Waals surface area contributed by atoms with Gasteiger partial charge in [-0.05, 0) is 44.9 Å². The molecule has 27 heavy (non-hydrogen) atoms. The standard InChI is InChI=1S/C18H25N3O4S.ClH/c1-13(22)14-5-7-16(8-6-14)26(24,25)21-11-3-2-4-17(21)18(23)20-15-9-10-19-12-15;/h5-8,15,17,19H,2-4,9-12H2,1H3,(H,20,23);1H. The predicted molar refractivity (Wildman–Crippen MR) is 105 cm³/mol. The number of Topliss-reactive ketones (excluding diaryl/α,β-unsaturated/α-hetero) is 1. The number of amides is 1. The summed E-state index contributed by atoms with van der Waals surface area (Å²) in [5.41, 5.74) is 0.464. The van der Waals surface area contributed by atoms with Crippen molar-refractivity contribution in [1.82, 2.24) is 14.9 Å². The van der Waals surface area contributed by atoms with Crippen molar-refractivity contribution in [3.05, 3.63) is 29.8 Å². The van der Waals surface area contributed by atoms with Crippen LogP contribution in [0.15, 0.2) is 29.2 Å². The van der Waals surface area contributed by atoms with Gasteiger partial charge in [-0.15, -0.1) is 12.4 Å². The SMILES string of the molecule is CC(=O)c1ccc(S(=O)(=O)N2CCCCC2C(=O)NC2CCNC2)cc1.Cl. The van der Waals surface area contributed by atoms with Gasteiger partial charge in [-0.1, -0.05) is 18.6 Å². The van der Waals surface area contributed by atoms with E-state index in [9.17, 15) is 18.0 Å². The molecular formula is C18H26ClN3O4S. The van der Waals surface area contributed by atoms with Crippen LogP contribution < -0.4 is 10.6 Å². The van der Waals surface area contributed by atoms with Crippen LogP contribution in [0.1, 0.15) is 43.0 Å². The third kappa shape index (κ3) is 4.87. The van der Waals surface area contributed by atoms with E-state index in [0.717, 1.165) is 32.4 Å². The quantitative estimate of drug-likeness (QED) is 0.707. The van der Waals surface area contributed by atoms with E-state index in [1.807, 2.05) is 0 Å². The fraction of sp³-hybridized carbons (Fsp3) is 0.556. The van der Waals surface area contributed by atoms with Crippen LogP contribution in [-0.4, -0.2) is 56.1 Å². The molecule has 2 atom stereocenters. The van der Waals surface area contributed by atoms with Crippen molar-refractivity contribution >= 4 is 34.1 Å². The molecule has 2 unspecified atom stereocenters. The third-order valence-electron chi connectivity index (χ3n) is 5.03. The first kappa shape index (κ1) is 21.8. The molecule has 0 radical (unpaired) electrons. The van der Waals surface area contributed by atoms with Crippen LogP contribution in [0.2, 0.25) is 0 Å². The second kappa shape index (κ2) is 9.14. The number of ketones is 1. The minimum Gasteiger partial charge on any atom is -0.351 e. The number of sulfonamides is 1. The molecule has 9 heteroatoms. The van der Waals surface area contributed by atoms with Gasteiger partial charge in [0.1, 0.15) is 6.04 Å². The van der Waals surface area contributed by atoms with Crippen molar-refractivity contribution in [2.75, 3.05) is 19.6 Å². The molecule has 0 bridgehead atoms. The summed E-state index contributed by atoms with van der Waals surface area (Å²) in [6.07, 6.45) is 2.95. The monoisotopic (exact) mass is 415 g/mol. The minimum absolute atomic E-state index is 0. The van der Waals surface area contributed by atoms with Crippen molar-refractivity contribution in [1.29, 1.82) is 0 Å². The summed E-state index contributed by atoms with van der Waals surface area (Å²) < 4.78 is 27.5. The fourth-order valence-corrected chi connectivity index (χ4v) is 5.18. The average Bonchev–Trinajstić information content (AvgIpc) is 3.14. The highest BCUT2D eigenvalue weighted by molar-refractivity contribution is 7.89.